The molecule has 0 saturated heterocycles. The van der Waals surface area contributed by atoms with Crippen molar-refractivity contribution in [2.45, 2.75) is 6.42 Å². The molecule has 0 radical (unpaired) electrons. The third-order valence-electron chi connectivity index (χ3n) is 1.91. The molecular formula is C10H13ClN2O3S. The van der Waals surface area contributed by atoms with Gasteiger partial charge in [0.15, 0.2) is 0 Å². The second kappa shape index (κ2) is 7.13. The van der Waals surface area contributed by atoms with Crippen LogP contribution in [0.2, 0.25) is 0 Å². The average molecular weight is 277 g/mol. The molecule has 5 nitrogen and oxygen atoms in total. The Balaban J connectivity index is 2.53. The van der Waals surface area contributed by atoms with E-state index in [9.17, 15) is 9.59 Å². The van der Waals surface area contributed by atoms with Crippen LogP contribution < -0.4 is 10.6 Å². The lowest BCUT2D eigenvalue weighted by Crippen LogP contribution is -2.30. The number of anilines is 1. The van der Waals surface area contributed by atoms with Gasteiger partial charge in [-0.3, -0.25) is 0 Å². The van der Waals surface area contributed by atoms with Crippen LogP contribution >= 0.6 is 22.9 Å². The molecule has 2 N–H and O–H groups in total. The zero-order chi connectivity index (χ0) is 12.7. The summed E-state index contributed by atoms with van der Waals surface area (Å²) in [5, 5.41) is 8.50. The topological polar surface area (TPSA) is 67.4 Å². The maximum Gasteiger partial charge on any atom is 0.340 e. The van der Waals surface area contributed by atoms with Gasteiger partial charge < -0.3 is 15.4 Å². The number of ether oxygens (including phenoxy) is 1. The van der Waals surface area contributed by atoms with Gasteiger partial charge in [0, 0.05) is 23.2 Å². The van der Waals surface area contributed by atoms with Gasteiger partial charge in [0.25, 0.3) is 0 Å². The molecule has 1 aromatic rings. The third-order valence-corrected chi connectivity index (χ3v) is 2.92. The van der Waals surface area contributed by atoms with Crippen LogP contribution in [0.4, 0.5) is 10.5 Å². The van der Waals surface area contributed by atoms with Crippen molar-refractivity contribution in [2.24, 2.45) is 0 Å². The molecule has 1 rings (SSSR count). The zero-order valence-corrected chi connectivity index (χ0v) is 10.9. The van der Waals surface area contributed by atoms with E-state index < -0.39 is 5.97 Å². The molecule has 0 aliphatic heterocycles. The molecule has 0 aromatic carbocycles. The highest BCUT2D eigenvalue weighted by molar-refractivity contribution is 7.08. The van der Waals surface area contributed by atoms with Gasteiger partial charge in [0.05, 0.1) is 18.4 Å². The summed E-state index contributed by atoms with van der Waals surface area (Å²) in [6.07, 6.45) is 0.697. The molecule has 0 saturated carbocycles. The van der Waals surface area contributed by atoms with Crippen LogP contribution in [0.3, 0.4) is 0 Å². The van der Waals surface area contributed by atoms with Gasteiger partial charge in [0.1, 0.15) is 0 Å². The van der Waals surface area contributed by atoms with E-state index in [1.165, 1.54) is 18.4 Å². The number of esters is 1. The van der Waals surface area contributed by atoms with Crippen molar-refractivity contribution in [3.8, 4) is 0 Å². The Morgan fingerprint density at radius 2 is 2.24 bits per heavy atom. The van der Waals surface area contributed by atoms with E-state index in [0.29, 0.717) is 30.1 Å². The number of rotatable bonds is 5. The number of alkyl halides is 1. The first-order valence-electron chi connectivity index (χ1n) is 4.94. The van der Waals surface area contributed by atoms with Gasteiger partial charge in [-0.2, -0.15) is 0 Å². The lowest BCUT2D eigenvalue weighted by atomic mass is 10.3. The van der Waals surface area contributed by atoms with E-state index in [2.05, 4.69) is 15.4 Å². The Labute approximate surface area is 108 Å². The number of halogens is 1. The summed E-state index contributed by atoms with van der Waals surface area (Å²) in [4.78, 5) is 22.8. The van der Waals surface area contributed by atoms with E-state index >= 15 is 0 Å². The number of carbonyl (C=O) groups excluding carboxylic acids is 2. The van der Waals surface area contributed by atoms with Crippen molar-refractivity contribution in [1.29, 1.82) is 0 Å². The van der Waals surface area contributed by atoms with E-state index in [1.807, 2.05) is 0 Å². The minimum atomic E-state index is -0.470. The predicted molar refractivity (Wildman–Crippen MR) is 68.0 cm³/mol. The minimum absolute atomic E-state index is 0.352. The first-order chi connectivity index (χ1) is 8.19. The van der Waals surface area contributed by atoms with Crippen LogP contribution in [0.5, 0.6) is 0 Å². The predicted octanol–water partition coefficient (Wildman–Crippen LogP) is 2.29. The lowest BCUT2D eigenvalue weighted by molar-refractivity contribution is 0.0602. The number of nitrogens with one attached hydrogen (secondary N) is 2. The van der Waals surface area contributed by atoms with Crippen LogP contribution in [-0.2, 0) is 4.74 Å². The maximum absolute atomic E-state index is 11.4. The summed E-state index contributed by atoms with van der Waals surface area (Å²) in [6, 6.07) is -0.362. The Morgan fingerprint density at radius 1 is 1.47 bits per heavy atom. The minimum Gasteiger partial charge on any atom is -0.465 e. The molecule has 0 aliphatic carbocycles. The highest BCUT2D eigenvalue weighted by Gasteiger charge is 2.14. The Hall–Kier alpha value is -1.27. The largest absolute Gasteiger partial charge is 0.465 e. The number of amides is 2. The zero-order valence-electron chi connectivity index (χ0n) is 9.29. The lowest BCUT2D eigenvalue weighted by Gasteiger charge is -2.06. The molecular weight excluding hydrogens is 264 g/mol. The van der Waals surface area contributed by atoms with Crippen LogP contribution in [0.1, 0.15) is 16.8 Å². The van der Waals surface area contributed by atoms with Gasteiger partial charge in [-0.15, -0.1) is 22.9 Å². The van der Waals surface area contributed by atoms with Crippen molar-refractivity contribution in [3.63, 3.8) is 0 Å². The standard InChI is InChI=1S/C10H13ClN2O3S/c1-16-9(14)7-5-17-6-8(7)13-10(15)12-4-2-3-11/h5-6H,2-4H2,1H3,(H2,12,13,15). The van der Waals surface area contributed by atoms with Crippen LogP contribution in [0.25, 0.3) is 0 Å². The summed E-state index contributed by atoms with van der Waals surface area (Å²) >= 11 is 6.80. The van der Waals surface area contributed by atoms with Gasteiger partial charge >= 0.3 is 12.0 Å². The highest BCUT2D eigenvalue weighted by atomic mass is 35.5. The van der Waals surface area contributed by atoms with Gasteiger partial charge in [-0.25, -0.2) is 9.59 Å². The van der Waals surface area contributed by atoms with E-state index in [4.69, 9.17) is 11.6 Å². The highest BCUT2D eigenvalue weighted by Crippen LogP contribution is 2.21. The summed E-state index contributed by atoms with van der Waals surface area (Å²) in [6.45, 7) is 0.493. The fourth-order valence-electron chi connectivity index (χ4n) is 1.10. The molecule has 2 amide bonds. The molecule has 1 aromatic heterocycles. The molecule has 0 atom stereocenters. The van der Waals surface area contributed by atoms with E-state index in [-0.39, 0.29) is 6.03 Å². The van der Waals surface area contributed by atoms with Crippen molar-refractivity contribution >= 4 is 40.6 Å². The maximum atomic E-state index is 11.4. The third kappa shape index (κ3) is 4.24. The SMILES string of the molecule is COC(=O)c1cscc1NC(=O)NCCCCl. The second-order valence-electron chi connectivity index (χ2n) is 3.11. The molecule has 94 valence electrons. The first-order valence-corrected chi connectivity index (χ1v) is 6.42. The van der Waals surface area contributed by atoms with Crippen LogP contribution in [-0.4, -0.2) is 31.5 Å². The quantitative estimate of drug-likeness (QED) is 0.493. The summed E-state index contributed by atoms with van der Waals surface area (Å²) in [5.41, 5.74) is 0.801. The van der Waals surface area contributed by atoms with E-state index in [1.54, 1.807) is 10.8 Å². The van der Waals surface area contributed by atoms with Crippen molar-refractivity contribution < 1.29 is 14.3 Å². The molecule has 0 bridgehead atoms. The van der Waals surface area contributed by atoms with Crippen molar-refractivity contribution in [3.05, 3.63) is 16.3 Å². The summed E-state index contributed by atoms with van der Waals surface area (Å²) < 4.78 is 4.59. The second-order valence-corrected chi connectivity index (χ2v) is 4.24. The first kappa shape index (κ1) is 13.8. The van der Waals surface area contributed by atoms with Crippen LogP contribution in [0, 0.1) is 0 Å². The normalized spacial score (nSPS) is 9.76. The van der Waals surface area contributed by atoms with Gasteiger partial charge in [0.2, 0.25) is 0 Å². The van der Waals surface area contributed by atoms with Gasteiger partial charge in [-0.05, 0) is 6.42 Å². The number of carbonyl (C=O) groups is 2. The van der Waals surface area contributed by atoms with Crippen molar-refractivity contribution in [1.82, 2.24) is 5.32 Å². The summed E-state index contributed by atoms with van der Waals surface area (Å²) in [7, 11) is 1.30. The Kier molecular flexibility index (Phi) is 5.79. The van der Waals surface area contributed by atoms with E-state index in [0.717, 1.165) is 0 Å². The fraction of sp³-hybridized carbons (Fsp3) is 0.400. The molecule has 0 aliphatic rings. The molecule has 1 heterocycles. The molecule has 0 spiro atoms. The summed E-state index contributed by atoms with van der Waals surface area (Å²) in [5.74, 6) is 0.0221. The smallest absolute Gasteiger partial charge is 0.340 e. The Morgan fingerprint density at radius 3 is 2.88 bits per heavy atom. The Bertz CT molecular complexity index is 395. The number of methoxy groups -OCH3 is 1. The monoisotopic (exact) mass is 276 g/mol. The number of hydrogen-bond acceptors (Lipinski definition) is 4. The molecule has 7 heteroatoms. The van der Waals surface area contributed by atoms with Crippen molar-refractivity contribution in [2.75, 3.05) is 24.9 Å². The molecule has 0 fully saturated rings. The van der Waals surface area contributed by atoms with Crippen LogP contribution in [0.15, 0.2) is 10.8 Å². The molecule has 0 unspecified atom stereocenters. The number of thiophene rings is 1. The average Bonchev–Trinajstić information content (AvgIpc) is 2.76. The fourth-order valence-corrected chi connectivity index (χ4v) is 1.98. The van der Waals surface area contributed by atoms with Gasteiger partial charge in [-0.1, -0.05) is 0 Å². The number of hydrogen-bond donors (Lipinski definition) is 2. The molecule has 17 heavy (non-hydrogen) atoms. The number of urea groups is 1.